The zero-order valence-electron chi connectivity index (χ0n) is 18.0. The lowest BCUT2D eigenvalue weighted by Gasteiger charge is -2.38. The first-order valence-corrected chi connectivity index (χ1v) is 11.4. The molecule has 0 aliphatic carbocycles. The molecule has 1 N–H and O–H groups in total. The molecule has 1 unspecified atom stereocenters. The molecular weight excluding hydrogens is 380 g/mol. The van der Waals surface area contributed by atoms with E-state index in [0.717, 1.165) is 55.2 Å². The predicted octanol–water partition coefficient (Wildman–Crippen LogP) is 4.92. The van der Waals surface area contributed by atoms with Gasteiger partial charge in [0.2, 0.25) is 0 Å². The van der Waals surface area contributed by atoms with E-state index in [1.54, 1.807) is 6.33 Å². The standard InChI is InChI=1S/C23H32N4OS/c1-5-28-15-23(9-8-19-12-20-21(29-19)26-16-25-20)10-11-27(14-23)22(3,4)18-7-6-17(2)24-13-18/h6-7,12-13,16H,5,8-11,14-15H2,1-4H3,(H,25,26). The summed E-state index contributed by atoms with van der Waals surface area (Å²) in [4.78, 5) is 17.3. The van der Waals surface area contributed by atoms with Crippen molar-refractivity contribution in [2.45, 2.75) is 52.5 Å². The monoisotopic (exact) mass is 412 g/mol. The van der Waals surface area contributed by atoms with E-state index < -0.39 is 0 Å². The summed E-state index contributed by atoms with van der Waals surface area (Å²) < 4.78 is 5.98. The Labute approximate surface area is 177 Å². The van der Waals surface area contributed by atoms with Gasteiger partial charge in [-0.05, 0) is 71.2 Å². The number of hydrogen-bond donors (Lipinski definition) is 1. The van der Waals surface area contributed by atoms with Crippen LogP contribution in [0.15, 0.2) is 30.7 Å². The number of hydrogen-bond acceptors (Lipinski definition) is 5. The van der Waals surface area contributed by atoms with Crippen LogP contribution in [0, 0.1) is 12.3 Å². The summed E-state index contributed by atoms with van der Waals surface area (Å²) in [5.74, 6) is 0. The number of rotatable bonds is 8. The molecule has 0 amide bonds. The average molecular weight is 413 g/mol. The highest BCUT2D eigenvalue weighted by Crippen LogP contribution is 2.42. The molecule has 4 heterocycles. The fraction of sp³-hybridized carbons (Fsp3) is 0.565. The van der Waals surface area contributed by atoms with Crippen molar-refractivity contribution in [1.82, 2.24) is 19.9 Å². The quantitative estimate of drug-likeness (QED) is 0.570. The molecular formula is C23H32N4OS. The van der Waals surface area contributed by atoms with Crippen LogP contribution in [0.3, 0.4) is 0 Å². The van der Waals surface area contributed by atoms with Gasteiger partial charge in [-0.2, -0.15) is 0 Å². The van der Waals surface area contributed by atoms with Crippen LogP contribution in [0.1, 0.15) is 49.7 Å². The minimum atomic E-state index is -0.0304. The van der Waals surface area contributed by atoms with E-state index in [4.69, 9.17) is 4.74 Å². The number of likely N-dealkylation sites (tertiary alicyclic amines) is 1. The molecule has 0 aromatic carbocycles. The maximum atomic E-state index is 5.98. The van der Waals surface area contributed by atoms with Gasteiger partial charge in [0, 0.05) is 40.9 Å². The third kappa shape index (κ3) is 4.25. The Kier molecular flexibility index (Phi) is 5.78. The second kappa shape index (κ2) is 8.17. The highest BCUT2D eigenvalue weighted by atomic mass is 32.1. The van der Waals surface area contributed by atoms with Gasteiger partial charge in [-0.25, -0.2) is 4.98 Å². The second-order valence-electron chi connectivity index (χ2n) is 8.89. The molecule has 1 aliphatic rings. The Morgan fingerprint density at radius 2 is 2.17 bits per heavy atom. The number of thiophene rings is 1. The van der Waals surface area contributed by atoms with Crippen LogP contribution in [0.2, 0.25) is 0 Å². The summed E-state index contributed by atoms with van der Waals surface area (Å²) in [6, 6.07) is 6.61. The van der Waals surface area contributed by atoms with Crippen molar-refractivity contribution in [3.05, 3.63) is 46.9 Å². The first-order valence-electron chi connectivity index (χ1n) is 10.6. The average Bonchev–Trinajstić information content (AvgIpc) is 3.40. The summed E-state index contributed by atoms with van der Waals surface area (Å²) in [5.41, 5.74) is 3.69. The third-order valence-electron chi connectivity index (χ3n) is 6.53. The number of H-pyrrole nitrogens is 1. The Hall–Kier alpha value is -1.76. The minimum absolute atomic E-state index is 0.0304. The first kappa shape index (κ1) is 20.5. The van der Waals surface area contributed by atoms with E-state index in [0.29, 0.717) is 0 Å². The van der Waals surface area contributed by atoms with Crippen molar-refractivity contribution in [3.8, 4) is 0 Å². The van der Waals surface area contributed by atoms with E-state index in [-0.39, 0.29) is 11.0 Å². The van der Waals surface area contributed by atoms with Crippen LogP contribution in [-0.4, -0.2) is 46.2 Å². The van der Waals surface area contributed by atoms with E-state index >= 15 is 0 Å². The van der Waals surface area contributed by atoms with Crippen LogP contribution in [0.25, 0.3) is 10.3 Å². The number of fused-ring (bicyclic) bond motifs is 1. The zero-order chi connectivity index (χ0) is 20.5. The van der Waals surface area contributed by atoms with Gasteiger partial charge in [-0.1, -0.05) is 6.07 Å². The van der Waals surface area contributed by atoms with Gasteiger partial charge in [-0.15, -0.1) is 11.3 Å². The number of aryl methyl sites for hydroxylation is 2. The Morgan fingerprint density at radius 3 is 2.90 bits per heavy atom. The molecule has 6 heteroatoms. The molecule has 1 aliphatic heterocycles. The molecule has 3 aromatic heterocycles. The van der Waals surface area contributed by atoms with Crippen molar-refractivity contribution in [2.75, 3.05) is 26.3 Å². The molecule has 0 bridgehead atoms. The molecule has 1 atom stereocenters. The summed E-state index contributed by atoms with van der Waals surface area (Å²) >= 11 is 1.81. The van der Waals surface area contributed by atoms with Crippen LogP contribution in [-0.2, 0) is 16.7 Å². The number of nitrogens with zero attached hydrogens (tertiary/aromatic N) is 3. The summed E-state index contributed by atoms with van der Waals surface area (Å²) in [5, 5.41) is 0. The second-order valence-corrected chi connectivity index (χ2v) is 10.0. The molecule has 156 valence electrons. The third-order valence-corrected chi connectivity index (χ3v) is 7.63. The topological polar surface area (TPSA) is 54.0 Å². The molecule has 1 saturated heterocycles. The fourth-order valence-electron chi connectivity index (χ4n) is 4.44. The van der Waals surface area contributed by atoms with Gasteiger partial charge in [-0.3, -0.25) is 9.88 Å². The Morgan fingerprint density at radius 1 is 1.31 bits per heavy atom. The summed E-state index contributed by atoms with van der Waals surface area (Å²) in [6.07, 6.45) is 7.23. The molecule has 0 spiro atoms. The van der Waals surface area contributed by atoms with E-state index in [9.17, 15) is 0 Å². The SMILES string of the molecule is CCOCC1(CCc2cc3[nH]cnc3s2)CCN(C(C)(C)c2ccc(C)nc2)C1. The number of pyridine rings is 1. The fourth-order valence-corrected chi connectivity index (χ4v) is 5.40. The van der Waals surface area contributed by atoms with Crippen molar-refractivity contribution in [2.24, 2.45) is 5.41 Å². The van der Waals surface area contributed by atoms with Gasteiger partial charge in [0.15, 0.2) is 0 Å². The van der Waals surface area contributed by atoms with Gasteiger partial charge >= 0.3 is 0 Å². The van der Waals surface area contributed by atoms with Crippen LogP contribution >= 0.6 is 11.3 Å². The molecule has 1 fully saturated rings. The summed E-state index contributed by atoms with van der Waals surface area (Å²) in [7, 11) is 0. The van der Waals surface area contributed by atoms with Crippen molar-refractivity contribution >= 4 is 21.7 Å². The lowest BCUT2D eigenvalue weighted by Crippen LogP contribution is -2.42. The summed E-state index contributed by atoms with van der Waals surface area (Å²) in [6.45, 7) is 12.6. The smallest absolute Gasteiger partial charge is 0.141 e. The van der Waals surface area contributed by atoms with E-state index in [1.807, 2.05) is 24.5 Å². The van der Waals surface area contributed by atoms with Gasteiger partial charge in [0.1, 0.15) is 4.83 Å². The molecule has 5 nitrogen and oxygen atoms in total. The predicted molar refractivity (Wildman–Crippen MR) is 119 cm³/mol. The number of imidazole rings is 1. The normalized spacial score (nSPS) is 20.7. The number of aromatic amines is 1. The van der Waals surface area contributed by atoms with Gasteiger partial charge in [0.25, 0.3) is 0 Å². The minimum Gasteiger partial charge on any atom is -0.381 e. The maximum absolute atomic E-state index is 5.98. The van der Waals surface area contributed by atoms with Gasteiger partial charge < -0.3 is 9.72 Å². The van der Waals surface area contributed by atoms with Crippen LogP contribution in [0.5, 0.6) is 0 Å². The first-order chi connectivity index (χ1) is 13.9. The molecule has 3 aromatic rings. The molecule has 0 saturated carbocycles. The van der Waals surface area contributed by atoms with E-state index in [1.165, 1.54) is 16.9 Å². The zero-order valence-corrected chi connectivity index (χ0v) is 18.8. The molecule has 29 heavy (non-hydrogen) atoms. The van der Waals surface area contributed by atoms with E-state index in [2.05, 4.69) is 58.8 Å². The number of ether oxygens (including phenoxy) is 1. The Bertz CT molecular complexity index is 917. The lowest BCUT2D eigenvalue weighted by molar-refractivity contribution is 0.0386. The number of nitrogens with one attached hydrogen (secondary N) is 1. The van der Waals surface area contributed by atoms with Crippen LogP contribution in [0.4, 0.5) is 0 Å². The highest BCUT2D eigenvalue weighted by molar-refractivity contribution is 7.18. The lowest BCUT2D eigenvalue weighted by atomic mass is 9.82. The van der Waals surface area contributed by atoms with Gasteiger partial charge in [0.05, 0.1) is 18.5 Å². The maximum Gasteiger partial charge on any atom is 0.141 e. The molecule has 0 radical (unpaired) electrons. The molecule has 4 rings (SSSR count). The highest BCUT2D eigenvalue weighted by Gasteiger charge is 2.43. The largest absolute Gasteiger partial charge is 0.381 e. The Balaban J connectivity index is 1.49. The van der Waals surface area contributed by atoms with Crippen molar-refractivity contribution in [1.29, 1.82) is 0 Å². The van der Waals surface area contributed by atoms with Crippen molar-refractivity contribution in [3.63, 3.8) is 0 Å². The van der Waals surface area contributed by atoms with Crippen molar-refractivity contribution < 1.29 is 4.74 Å². The number of aromatic nitrogens is 3. The van der Waals surface area contributed by atoms with Crippen LogP contribution < -0.4 is 0 Å².